The van der Waals surface area contributed by atoms with E-state index in [1.807, 2.05) is 13.8 Å². The standard InChI is InChI=1S/2C6H10O3.2C4H9O2.Zr/c2*1-3-5(4(2)7)6(8)9;2*1-4(5)3-6-2;/h2*5H,3H2,1-2H3,(H,8,9);2*4H,3H2,1-2H3;/q;;2*-1;+4/p-2. The van der Waals surface area contributed by atoms with Crippen LogP contribution in [0.2, 0.25) is 0 Å². The van der Waals surface area contributed by atoms with Crippen LogP contribution in [0.5, 0.6) is 0 Å². The first kappa shape index (κ1) is 34.6. The number of carbonyl (C=O) groups excluding carboxylic acids is 4. The van der Waals surface area contributed by atoms with E-state index in [2.05, 4.69) is 0 Å². The van der Waals surface area contributed by atoms with Crippen molar-refractivity contribution in [2.75, 3.05) is 27.4 Å². The van der Waals surface area contributed by atoms with Gasteiger partial charge in [0.25, 0.3) is 0 Å². The summed E-state index contributed by atoms with van der Waals surface area (Å²) in [5.74, 6) is -5.04. The molecule has 0 heterocycles. The molecule has 11 heteroatoms. The van der Waals surface area contributed by atoms with Gasteiger partial charge in [-0.3, -0.25) is 9.59 Å². The number of rotatable bonds is 14. The molecule has 0 N–H and O–H groups in total. The van der Waals surface area contributed by atoms with Crippen molar-refractivity contribution in [1.82, 2.24) is 0 Å². The molecule has 0 aliphatic rings. The Balaban J connectivity index is -0.000000390. The quantitative estimate of drug-likeness (QED) is 0.275. The summed E-state index contributed by atoms with van der Waals surface area (Å²) in [6.45, 7) is 11.0. The number of hydrogen-bond donors (Lipinski definition) is 0. The van der Waals surface area contributed by atoms with Gasteiger partial charge in [-0.15, -0.1) is 0 Å². The van der Waals surface area contributed by atoms with Crippen LogP contribution in [-0.4, -0.2) is 63.1 Å². The molecule has 0 aromatic carbocycles. The Bertz CT molecular complexity index is 440. The molecule has 0 bridgehead atoms. The van der Waals surface area contributed by atoms with Crippen LogP contribution in [0.25, 0.3) is 0 Å². The van der Waals surface area contributed by atoms with Gasteiger partial charge in [0.2, 0.25) is 0 Å². The van der Waals surface area contributed by atoms with Crippen molar-refractivity contribution < 1.29 is 68.6 Å². The molecule has 0 fully saturated rings. The summed E-state index contributed by atoms with van der Waals surface area (Å²) in [5.41, 5.74) is 0. The minimum absolute atomic E-state index is 0.145. The first-order valence-corrected chi connectivity index (χ1v) is 11.9. The van der Waals surface area contributed by atoms with Gasteiger partial charge in [-0.1, -0.05) is 13.8 Å². The van der Waals surface area contributed by atoms with Crippen LogP contribution in [0, 0.1) is 11.8 Å². The zero-order valence-electron chi connectivity index (χ0n) is 19.7. The van der Waals surface area contributed by atoms with Crippen molar-refractivity contribution in [2.45, 2.75) is 66.6 Å². The van der Waals surface area contributed by atoms with Gasteiger partial charge >= 0.3 is 92.7 Å². The Morgan fingerprint density at radius 1 is 0.742 bits per heavy atom. The van der Waals surface area contributed by atoms with E-state index in [0.717, 1.165) is 0 Å². The fourth-order valence-electron chi connectivity index (χ4n) is 1.97. The van der Waals surface area contributed by atoms with E-state index < -0.39 is 47.9 Å². The van der Waals surface area contributed by atoms with Gasteiger partial charge in [-0.2, -0.15) is 0 Å². The third kappa shape index (κ3) is 22.0. The summed E-state index contributed by atoms with van der Waals surface area (Å²) in [5, 5.41) is 20.1. The number of methoxy groups -OCH3 is 2. The van der Waals surface area contributed by atoms with Gasteiger partial charge < -0.3 is 19.8 Å². The molecule has 0 aliphatic heterocycles. The predicted octanol–water partition coefficient (Wildman–Crippen LogP) is -0.295. The van der Waals surface area contributed by atoms with Gasteiger partial charge in [0.05, 0.1) is 23.8 Å². The van der Waals surface area contributed by atoms with Crippen LogP contribution in [0.15, 0.2) is 0 Å². The molecule has 0 aromatic rings. The number of carboxylic acid groups (broad SMARTS) is 2. The third-order valence-corrected chi connectivity index (χ3v) is 6.12. The molecule has 10 nitrogen and oxygen atoms in total. The molecule has 0 saturated carbocycles. The van der Waals surface area contributed by atoms with Gasteiger partial charge in [-0.05, 0) is 26.7 Å². The average Bonchev–Trinajstić information content (AvgIpc) is 2.63. The van der Waals surface area contributed by atoms with Crippen LogP contribution in [-0.2, 0) is 58.4 Å². The molecule has 0 rings (SSSR count). The average molecular weight is 528 g/mol. The fourth-order valence-corrected chi connectivity index (χ4v) is 3.25. The second kappa shape index (κ2) is 22.2. The summed E-state index contributed by atoms with van der Waals surface area (Å²) in [7, 11) is 3.33. The Morgan fingerprint density at radius 2 is 1.03 bits per heavy atom. The van der Waals surface area contributed by atoms with Crippen LogP contribution < -0.4 is 10.2 Å². The van der Waals surface area contributed by atoms with Crippen molar-refractivity contribution in [3.63, 3.8) is 0 Å². The van der Waals surface area contributed by atoms with Crippen LogP contribution in [0.3, 0.4) is 0 Å². The van der Waals surface area contributed by atoms with Crippen molar-refractivity contribution in [2.24, 2.45) is 11.8 Å². The summed E-state index contributed by atoms with van der Waals surface area (Å²) in [6, 6.07) is 0. The molecular formula is C20H36O10Zr. The number of carbonyl (C=O) groups is 4. The van der Waals surface area contributed by atoms with Gasteiger partial charge in [-0.25, -0.2) is 0 Å². The van der Waals surface area contributed by atoms with E-state index in [1.165, 1.54) is 13.8 Å². The summed E-state index contributed by atoms with van der Waals surface area (Å²) < 4.78 is 20.8. The minimum atomic E-state index is -1.27. The topological polar surface area (TPSA) is 151 Å². The third-order valence-electron chi connectivity index (χ3n) is 3.67. The van der Waals surface area contributed by atoms with Crippen molar-refractivity contribution in [3.05, 3.63) is 0 Å². The van der Waals surface area contributed by atoms with E-state index >= 15 is 0 Å². The second-order valence-electron chi connectivity index (χ2n) is 6.63. The zero-order valence-corrected chi connectivity index (χ0v) is 22.2. The molecule has 0 aliphatic carbocycles. The molecule has 0 aromatic heterocycles. The predicted molar refractivity (Wildman–Crippen MR) is 104 cm³/mol. The van der Waals surface area contributed by atoms with Gasteiger partial charge in [0.1, 0.15) is 11.6 Å². The number of aliphatic carboxylic acids is 2. The van der Waals surface area contributed by atoms with Crippen LogP contribution in [0.4, 0.5) is 0 Å². The Labute approximate surface area is 197 Å². The molecule has 31 heavy (non-hydrogen) atoms. The molecular weight excluding hydrogens is 491 g/mol. The fraction of sp³-hybridized carbons (Fsp3) is 0.800. The number of carboxylic acids is 2. The molecule has 4 atom stereocenters. The van der Waals surface area contributed by atoms with Gasteiger partial charge in [0, 0.05) is 0 Å². The first-order chi connectivity index (χ1) is 14.4. The number of Topliss-reactive ketones (excluding diaryl/α,β-unsaturated/α-hetero) is 2. The monoisotopic (exact) mass is 526 g/mol. The van der Waals surface area contributed by atoms with E-state index in [1.54, 1.807) is 28.1 Å². The number of ether oxygens (including phenoxy) is 2. The molecule has 4 unspecified atom stereocenters. The second-order valence-corrected chi connectivity index (χ2v) is 8.20. The molecule has 180 valence electrons. The van der Waals surface area contributed by atoms with E-state index in [9.17, 15) is 29.4 Å². The number of ketones is 2. The summed E-state index contributed by atoms with van der Waals surface area (Å²) >= 11 is -1.15. The van der Waals surface area contributed by atoms with E-state index in [4.69, 9.17) is 15.1 Å². The normalized spacial score (nSPS) is 13.7. The Morgan fingerprint density at radius 3 is 1.16 bits per heavy atom. The molecule has 0 amide bonds. The molecule has 0 spiro atoms. The maximum absolute atomic E-state index is 10.4. The van der Waals surface area contributed by atoms with Crippen LogP contribution >= 0.6 is 0 Å². The zero-order chi connectivity index (χ0) is 25.0. The number of hydrogen-bond acceptors (Lipinski definition) is 10. The summed E-state index contributed by atoms with van der Waals surface area (Å²) in [6.07, 6.45) is 0.924. The van der Waals surface area contributed by atoms with Crippen molar-refractivity contribution >= 4 is 23.5 Å². The van der Waals surface area contributed by atoms with E-state index in [0.29, 0.717) is 26.1 Å². The Kier molecular flexibility index (Phi) is 24.8. The summed E-state index contributed by atoms with van der Waals surface area (Å²) in [4.78, 5) is 40.9. The molecule has 0 saturated heterocycles. The van der Waals surface area contributed by atoms with E-state index in [-0.39, 0.29) is 23.8 Å². The van der Waals surface area contributed by atoms with Crippen molar-refractivity contribution in [3.8, 4) is 0 Å². The first-order valence-electron chi connectivity index (χ1n) is 9.85. The van der Waals surface area contributed by atoms with Crippen molar-refractivity contribution in [1.29, 1.82) is 0 Å². The molecule has 0 radical (unpaired) electrons. The Hall–Kier alpha value is -0.997. The van der Waals surface area contributed by atoms with Crippen LogP contribution in [0.1, 0.15) is 54.4 Å². The SMILES string of the molecule is CCC(C(C)=O)C(=O)[O-].CCC(C(C)=O)C(=O)[O-].COCC(C)[O][Zr+2][O]C(C)COC. The van der Waals surface area contributed by atoms with Gasteiger partial charge in [0.15, 0.2) is 0 Å². The maximum atomic E-state index is 10.4.